The number of ether oxygens (including phenoxy) is 1. The SMILES string of the molecule is COc1cc(C(=O)NC2CNCCC2C)ccc1C.Cl. The summed E-state index contributed by atoms with van der Waals surface area (Å²) >= 11 is 0. The van der Waals surface area contributed by atoms with Crippen LogP contribution in [-0.4, -0.2) is 32.1 Å². The summed E-state index contributed by atoms with van der Waals surface area (Å²) in [5.41, 5.74) is 1.69. The minimum absolute atomic E-state index is 0. The third kappa shape index (κ3) is 3.87. The van der Waals surface area contributed by atoms with Gasteiger partial charge in [0.1, 0.15) is 5.75 Å². The summed E-state index contributed by atoms with van der Waals surface area (Å²) in [6.45, 7) is 6.02. The van der Waals surface area contributed by atoms with Gasteiger partial charge < -0.3 is 15.4 Å². The predicted molar refractivity (Wildman–Crippen MR) is 82.9 cm³/mol. The lowest BCUT2D eigenvalue weighted by molar-refractivity contribution is 0.0915. The second-order valence-corrected chi connectivity index (χ2v) is 5.23. The highest BCUT2D eigenvalue weighted by Gasteiger charge is 2.23. The molecule has 1 aromatic rings. The lowest BCUT2D eigenvalue weighted by Crippen LogP contribution is -2.50. The standard InChI is InChI=1S/C15H22N2O2.ClH/c1-10-6-7-16-9-13(10)17-15(18)12-5-4-11(2)14(8-12)19-3;/h4-5,8,10,13,16H,6-7,9H2,1-3H3,(H,17,18);1H. The van der Waals surface area contributed by atoms with Gasteiger partial charge in [0.15, 0.2) is 0 Å². The van der Waals surface area contributed by atoms with Gasteiger partial charge in [-0.25, -0.2) is 0 Å². The van der Waals surface area contributed by atoms with Crippen LogP contribution in [0.15, 0.2) is 18.2 Å². The largest absolute Gasteiger partial charge is 0.496 e. The molecule has 1 aromatic carbocycles. The number of nitrogens with one attached hydrogen (secondary N) is 2. The van der Waals surface area contributed by atoms with E-state index in [1.165, 1.54) is 0 Å². The van der Waals surface area contributed by atoms with Crippen LogP contribution in [0, 0.1) is 12.8 Å². The van der Waals surface area contributed by atoms with Gasteiger partial charge in [-0.3, -0.25) is 4.79 Å². The molecule has 112 valence electrons. The summed E-state index contributed by atoms with van der Waals surface area (Å²) in [5.74, 6) is 1.24. The maximum Gasteiger partial charge on any atom is 0.251 e. The van der Waals surface area contributed by atoms with Crippen molar-refractivity contribution in [3.8, 4) is 5.75 Å². The Bertz CT molecular complexity index is 465. The van der Waals surface area contributed by atoms with Gasteiger partial charge in [-0.2, -0.15) is 0 Å². The molecule has 0 bridgehead atoms. The zero-order chi connectivity index (χ0) is 13.8. The van der Waals surface area contributed by atoms with Gasteiger partial charge in [-0.15, -0.1) is 12.4 Å². The molecule has 0 aromatic heterocycles. The molecule has 2 unspecified atom stereocenters. The van der Waals surface area contributed by atoms with E-state index in [-0.39, 0.29) is 24.4 Å². The van der Waals surface area contributed by atoms with Crippen LogP contribution in [0.25, 0.3) is 0 Å². The van der Waals surface area contributed by atoms with Crippen LogP contribution in [0.5, 0.6) is 5.75 Å². The monoisotopic (exact) mass is 298 g/mol. The van der Waals surface area contributed by atoms with Gasteiger partial charge in [0, 0.05) is 18.2 Å². The Morgan fingerprint density at radius 1 is 1.45 bits per heavy atom. The van der Waals surface area contributed by atoms with E-state index in [0.717, 1.165) is 30.8 Å². The fraction of sp³-hybridized carbons (Fsp3) is 0.533. The van der Waals surface area contributed by atoms with Gasteiger partial charge in [-0.05, 0) is 43.5 Å². The molecule has 5 heteroatoms. The molecule has 1 saturated heterocycles. The minimum atomic E-state index is -0.0288. The summed E-state index contributed by atoms with van der Waals surface area (Å²) in [7, 11) is 1.62. The molecule has 1 fully saturated rings. The van der Waals surface area contributed by atoms with E-state index in [9.17, 15) is 4.79 Å². The molecule has 2 atom stereocenters. The Morgan fingerprint density at radius 2 is 2.20 bits per heavy atom. The van der Waals surface area contributed by atoms with Gasteiger partial charge in [0.25, 0.3) is 5.91 Å². The number of rotatable bonds is 3. The highest BCUT2D eigenvalue weighted by Crippen LogP contribution is 2.19. The van der Waals surface area contributed by atoms with Crippen LogP contribution < -0.4 is 15.4 Å². The smallest absolute Gasteiger partial charge is 0.251 e. The van der Waals surface area contributed by atoms with Gasteiger partial charge in [-0.1, -0.05) is 13.0 Å². The third-order valence-electron chi connectivity index (χ3n) is 3.81. The van der Waals surface area contributed by atoms with Crippen LogP contribution in [0.2, 0.25) is 0 Å². The molecule has 1 amide bonds. The van der Waals surface area contributed by atoms with Crippen LogP contribution in [0.1, 0.15) is 29.3 Å². The molecule has 0 saturated carbocycles. The van der Waals surface area contributed by atoms with Gasteiger partial charge in [0.05, 0.1) is 7.11 Å². The first-order valence-corrected chi connectivity index (χ1v) is 6.78. The number of aryl methyl sites for hydroxylation is 1. The second kappa shape index (κ2) is 7.50. The van der Waals surface area contributed by atoms with Crippen molar-refractivity contribution in [2.24, 2.45) is 5.92 Å². The first kappa shape index (κ1) is 16.8. The molecular weight excluding hydrogens is 276 g/mol. The molecule has 0 radical (unpaired) electrons. The van der Waals surface area contributed by atoms with Crippen LogP contribution in [0.3, 0.4) is 0 Å². The summed E-state index contributed by atoms with van der Waals surface area (Å²) in [6.07, 6.45) is 1.10. The first-order chi connectivity index (χ1) is 9.11. The number of halogens is 1. The lowest BCUT2D eigenvalue weighted by atomic mass is 9.94. The van der Waals surface area contributed by atoms with Crippen molar-refractivity contribution in [3.63, 3.8) is 0 Å². The summed E-state index contributed by atoms with van der Waals surface area (Å²) < 4.78 is 5.25. The lowest BCUT2D eigenvalue weighted by Gasteiger charge is -2.30. The van der Waals surface area contributed by atoms with E-state index in [1.54, 1.807) is 13.2 Å². The highest BCUT2D eigenvalue weighted by molar-refractivity contribution is 5.95. The topological polar surface area (TPSA) is 50.4 Å². The summed E-state index contributed by atoms with van der Waals surface area (Å²) in [4.78, 5) is 12.2. The number of amides is 1. The van der Waals surface area contributed by atoms with Crippen molar-refractivity contribution >= 4 is 18.3 Å². The average molecular weight is 299 g/mol. The minimum Gasteiger partial charge on any atom is -0.496 e. The molecule has 2 N–H and O–H groups in total. The zero-order valence-electron chi connectivity index (χ0n) is 12.2. The zero-order valence-corrected chi connectivity index (χ0v) is 13.0. The van der Waals surface area contributed by atoms with Crippen molar-refractivity contribution in [2.75, 3.05) is 20.2 Å². The molecule has 1 aliphatic heterocycles. The normalized spacial score (nSPS) is 21.8. The molecule has 2 rings (SSSR count). The van der Waals surface area contributed by atoms with E-state index in [1.807, 2.05) is 19.1 Å². The van der Waals surface area contributed by atoms with Gasteiger partial charge in [0.2, 0.25) is 0 Å². The predicted octanol–water partition coefficient (Wildman–Crippen LogP) is 2.15. The van der Waals surface area contributed by atoms with Crippen molar-refractivity contribution in [1.29, 1.82) is 0 Å². The molecule has 1 heterocycles. The maximum atomic E-state index is 12.2. The number of carbonyl (C=O) groups is 1. The molecular formula is C15H23ClN2O2. The summed E-state index contributed by atoms with van der Waals surface area (Å²) in [5, 5.41) is 6.41. The Kier molecular flexibility index (Phi) is 6.30. The molecule has 20 heavy (non-hydrogen) atoms. The van der Waals surface area contributed by atoms with E-state index < -0.39 is 0 Å². The van der Waals surface area contributed by atoms with Crippen LogP contribution in [-0.2, 0) is 0 Å². The van der Waals surface area contributed by atoms with Crippen molar-refractivity contribution in [1.82, 2.24) is 10.6 Å². The summed E-state index contributed by atoms with van der Waals surface area (Å²) in [6, 6.07) is 5.75. The first-order valence-electron chi connectivity index (χ1n) is 6.78. The Morgan fingerprint density at radius 3 is 2.85 bits per heavy atom. The average Bonchev–Trinajstić information content (AvgIpc) is 2.42. The number of benzene rings is 1. The van der Waals surface area contributed by atoms with E-state index in [0.29, 0.717) is 11.5 Å². The Labute approximate surface area is 126 Å². The molecule has 0 spiro atoms. The number of piperidine rings is 1. The quantitative estimate of drug-likeness (QED) is 0.899. The van der Waals surface area contributed by atoms with E-state index >= 15 is 0 Å². The maximum absolute atomic E-state index is 12.2. The Balaban J connectivity index is 0.00000200. The number of hydrogen-bond acceptors (Lipinski definition) is 3. The van der Waals surface area contributed by atoms with Crippen molar-refractivity contribution < 1.29 is 9.53 Å². The third-order valence-corrected chi connectivity index (χ3v) is 3.81. The second-order valence-electron chi connectivity index (χ2n) is 5.23. The van der Waals surface area contributed by atoms with Crippen LogP contribution >= 0.6 is 12.4 Å². The number of methoxy groups -OCH3 is 1. The van der Waals surface area contributed by atoms with Gasteiger partial charge >= 0.3 is 0 Å². The number of hydrogen-bond donors (Lipinski definition) is 2. The van der Waals surface area contributed by atoms with Crippen molar-refractivity contribution in [3.05, 3.63) is 29.3 Å². The number of carbonyl (C=O) groups excluding carboxylic acids is 1. The van der Waals surface area contributed by atoms with E-state index in [4.69, 9.17) is 4.74 Å². The molecule has 1 aliphatic rings. The fourth-order valence-corrected chi connectivity index (χ4v) is 2.40. The molecule has 0 aliphatic carbocycles. The van der Waals surface area contributed by atoms with Crippen molar-refractivity contribution in [2.45, 2.75) is 26.3 Å². The van der Waals surface area contributed by atoms with E-state index in [2.05, 4.69) is 17.6 Å². The fourth-order valence-electron chi connectivity index (χ4n) is 2.40. The Hall–Kier alpha value is -1.26. The van der Waals surface area contributed by atoms with Crippen LogP contribution in [0.4, 0.5) is 0 Å². The highest BCUT2D eigenvalue weighted by atomic mass is 35.5. The molecule has 4 nitrogen and oxygen atoms in total.